The summed E-state index contributed by atoms with van der Waals surface area (Å²) in [6, 6.07) is 0. The number of hydrogen-bond donors (Lipinski definition) is 1. The van der Waals surface area contributed by atoms with E-state index in [0.717, 1.165) is 13.2 Å². The van der Waals surface area contributed by atoms with E-state index in [1.165, 1.54) is 0 Å². The van der Waals surface area contributed by atoms with Crippen LogP contribution in [0.25, 0.3) is 0 Å². The van der Waals surface area contributed by atoms with Crippen molar-refractivity contribution in [1.82, 2.24) is 0 Å². The van der Waals surface area contributed by atoms with Crippen LogP contribution < -0.4 is 0 Å². The van der Waals surface area contributed by atoms with Gasteiger partial charge in [0.25, 0.3) is 0 Å². The number of rotatable bonds is 5. The van der Waals surface area contributed by atoms with Gasteiger partial charge in [0.1, 0.15) is 0 Å². The molecule has 0 radical (unpaired) electrons. The van der Waals surface area contributed by atoms with Crippen LogP contribution in [0.15, 0.2) is 0 Å². The number of carboxylic acid groups (broad SMARTS) is 1. The van der Waals surface area contributed by atoms with Crippen LogP contribution in [-0.4, -0.2) is 29.6 Å². The monoisotopic (exact) mass is 254 g/mol. The molecule has 0 aliphatic rings. The second-order valence-corrected chi connectivity index (χ2v) is 3.03. The Labute approximate surface area is 88.6 Å². The quantitative estimate of drug-likeness (QED) is 0.768. The first-order chi connectivity index (χ1) is 6.13. The Balaban J connectivity index is 0. The highest BCUT2D eigenvalue weighted by atomic mass is 79.9. The zero-order valence-electron chi connectivity index (χ0n) is 8.55. The molecule has 4 heteroatoms. The molecule has 3 nitrogen and oxygen atoms in total. The molecular formula is C9H19BrO3. The van der Waals surface area contributed by atoms with Crippen molar-refractivity contribution in [2.45, 2.75) is 27.2 Å². The van der Waals surface area contributed by atoms with E-state index in [9.17, 15) is 4.79 Å². The molecular weight excluding hydrogens is 236 g/mol. The molecule has 0 fully saturated rings. The van der Waals surface area contributed by atoms with Gasteiger partial charge in [-0.25, -0.2) is 0 Å². The van der Waals surface area contributed by atoms with Gasteiger partial charge in [0, 0.05) is 18.5 Å². The summed E-state index contributed by atoms with van der Waals surface area (Å²) in [4.78, 5) is 10.1. The van der Waals surface area contributed by atoms with Crippen LogP contribution in [0.4, 0.5) is 0 Å². The number of aliphatic carboxylic acids is 1. The first kappa shape index (κ1) is 15.4. The molecule has 0 aromatic heterocycles. The molecule has 0 aromatic carbocycles. The average molecular weight is 255 g/mol. The van der Waals surface area contributed by atoms with Crippen molar-refractivity contribution in [2.75, 3.05) is 18.5 Å². The lowest BCUT2D eigenvalue weighted by molar-refractivity contribution is -0.140. The van der Waals surface area contributed by atoms with E-state index < -0.39 is 5.97 Å². The Kier molecular flexibility index (Phi) is 14.1. The predicted molar refractivity (Wildman–Crippen MR) is 57.4 cm³/mol. The van der Waals surface area contributed by atoms with Gasteiger partial charge in [-0.15, -0.1) is 0 Å². The van der Waals surface area contributed by atoms with Gasteiger partial charge in [-0.3, -0.25) is 4.79 Å². The second kappa shape index (κ2) is 11.9. The summed E-state index contributed by atoms with van der Waals surface area (Å²) in [7, 11) is 0. The number of hydrogen-bond acceptors (Lipinski definition) is 2. The topological polar surface area (TPSA) is 46.5 Å². The molecule has 1 atom stereocenters. The lowest BCUT2D eigenvalue weighted by Crippen LogP contribution is -2.13. The fourth-order valence-electron chi connectivity index (χ4n) is 0.554. The molecule has 0 amide bonds. The predicted octanol–water partition coefficient (Wildman–Crippen LogP) is 2.53. The third-order valence-corrected chi connectivity index (χ3v) is 2.22. The number of carboxylic acids is 1. The normalized spacial score (nSPS) is 11.4. The van der Waals surface area contributed by atoms with Crippen LogP contribution in [-0.2, 0) is 9.53 Å². The molecule has 0 saturated carbocycles. The molecule has 0 rings (SSSR count). The van der Waals surface area contributed by atoms with Gasteiger partial charge in [0.2, 0.25) is 0 Å². The Morgan fingerprint density at radius 1 is 1.38 bits per heavy atom. The number of carbonyl (C=O) groups is 1. The largest absolute Gasteiger partial charge is 0.481 e. The average Bonchev–Trinajstić information content (AvgIpc) is 2.08. The summed E-state index contributed by atoms with van der Waals surface area (Å²) >= 11 is 3.10. The Bertz CT molecular complexity index is 111. The van der Waals surface area contributed by atoms with Gasteiger partial charge < -0.3 is 9.84 Å². The van der Waals surface area contributed by atoms with Crippen molar-refractivity contribution in [1.29, 1.82) is 0 Å². The van der Waals surface area contributed by atoms with Crippen molar-refractivity contribution < 1.29 is 14.6 Å². The summed E-state index contributed by atoms with van der Waals surface area (Å²) in [5, 5.41) is 8.90. The number of ether oxygens (including phenoxy) is 1. The maximum atomic E-state index is 10.1. The Hall–Kier alpha value is -0.0900. The minimum Gasteiger partial charge on any atom is -0.481 e. The van der Waals surface area contributed by atoms with E-state index in [4.69, 9.17) is 9.84 Å². The standard InChI is InChI=1S/C5H9BrO2.C4H10O/c1-2-4(3-6)5(7)8;1-3-5-4-2/h4H,2-3H2,1H3,(H,7,8);3-4H2,1-2H3. The molecule has 0 aromatic rings. The van der Waals surface area contributed by atoms with E-state index >= 15 is 0 Å². The van der Waals surface area contributed by atoms with Crippen LogP contribution in [0.1, 0.15) is 27.2 Å². The van der Waals surface area contributed by atoms with Gasteiger partial charge >= 0.3 is 5.97 Å². The van der Waals surface area contributed by atoms with Gasteiger partial charge in [-0.1, -0.05) is 22.9 Å². The van der Waals surface area contributed by atoms with Crippen molar-refractivity contribution in [3.05, 3.63) is 0 Å². The van der Waals surface area contributed by atoms with Crippen molar-refractivity contribution in [2.24, 2.45) is 5.92 Å². The number of halogens is 1. The van der Waals surface area contributed by atoms with Crippen LogP contribution in [0, 0.1) is 5.92 Å². The van der Waals surface area contributed by atoms with Gasteiger partial charge in [-0.05, 0) is 20.3 Å². The summed E-state index contributed by atoms with van der Waals surface area (Å²) in [5.74, 6) is -0.931. The lowest BCUT2D eigenvalue weighted by atomic mass is 10.1. The third-order valence-electron chi connectivity index (χ3n) is 1.44. The van der Waals surface area contributed by atoms with Crippen molar-refractivity contribution in [3.63, 3.8) is 0 Å². The fraction of sp³-hybridized carbons (Fsp3) is 0.889. The maximum Gasteiger partial charge on any atom is 0.307 e. The Morgan fingerprint density at radius 2 is 1.85 bits per heavy atom. The van der Waals surface area contributed by atoms with Gasteiger partial charge in [0.15, 0.2) is 0 Å². The van der Waals surface area contributed by atoms with Crippen LogP contribution >= 0.6 is 15.9 Å². The van der Waals surface area contributed by atoms with E-state index in [0.29, 0.717) is 11.8 Å². The number of alkyl halides is 1. The molecule has 0 aliphatic heterocycles. The van der Waals surface area contributed by atoms with Gasteiger partial charge in [-0.2, -0.15) is 0 Å². The molecule has 1 N–H and O–H groups in total. The second-order valence-electron chi connectivity index (χ2n) is 2.38. The summed E-state index contributed by atoms with van der Waals surface area (Å²) in [6.07, 6.45) is 0.695. The molecule has 0 aliphatic carbocycles. The van der Waals surface area contributed by atoms with E-state index in [1.807, 2.05) is 20.8 Å². The molecule has 80 valence electrons. The summed E-state index contributed by atoms with van der Waals surface area (Å²) in [6.45, 7) is 7.53. The Morgan fingerprint density at radius 3 is 1.85 bits per heavy atom. The molecule has 0 heterocycles. The minimum absolute atomic E-state index is 0.213. The van der Waals surface area contributed by atoms with Crippen molar-refractivity contribution >= 4 is 21.9 Å². The first-order valence-corrected chi connectivity index (χ1v) is 5.62. The van der Waals surface area contributed by atoms with Crippen LogP contribution in [0.5, 0.6) is 0 Å². The van der Waals surface area contributed by atoms with Crippen molar-refractivity contribution in [3.8, 4) is 0 Å². The highest BCUT2D eigenvalue weighted by Gasteiger charge is 2.11. The summed E-state index contributed by atoms with van der Waals surface area (Å²) < 4.78 is 4.83. The SMILES string of the molecule is CCC(CBr)C(=O)O.CCOCC. The highest BCUT2D eigenvalue weighted by Crippen LogP contribution is 2.05. The first-order valence-electron chi connectivity index (χ1n) is 4.50. The van der Waals surface area contributed by atoms with E-state index in [1.54, 1.807) is 0 Å². The zero-order valence-corrected chi connectivity index (χ0v) is 10.1. The lowest BCUT2D eigenvalue weighted by Gasteiger charge is -2.01. The molecule has 0 saturated heterocycles. The molecule has 0 bridgehead atoms. The zero-order chi connectivity index (χ0) is 10.7. The molecule has 0 spiro atoms. The smallest absolute Gasteiger partial charge is 0.307 e. The van der Waals surface area contributed by atoms with E-state index in [2.05, 4.69) is 15.9 Å². The van der Waals surface area contributed by atoms with Crippen LogP contribution in [0.2, 0.25) is 0 Å². The van der Waals surface area contributed by atoms with Gasteiger partial charge in [0.05, 0.1) is 5.92 Å². The third kappa shape index (κ3) is 11.9. The van der Waals surface area contributed by atoms with Crippen LogP contribution in [0.3, 0.4) is 0 Å². The summed E-state index contributed by atoms with van der Waals surface area (Å²) in [5.41, 5.74) is 0. The van der Waals surface area contributed by atoms with E-state index in [-0.39, 0.29) is 5.92 Å². The highest BCUT2D eigenvalue weighted by molar-refractivity contribution is 9.09. The maximum absolute atomic E-state index is 10.1. The fourth-order valence-corrected chi connectivity index (χ4v) is 1.29. The minimum atomic E-state index is -0.718. The molecule has 13 heavy (non-hydrogen) atoms. The molecule has 1 unspecified atom stereocenters.